The molecule has 0 aliphatic rings. The second-order valence-corrected chi connectivity index (χ2v) is 9.95. The first-order valence-electron chi connectivity index (χ1n) is 12.0. The summed E-state index contributed by atoms with van der Waals surface area (Å²) >= 11 is 1.58. The fourth-order valence-corrected chi connectivity index (χ4v) is 4.04. The van der Waals surface area contributed by atoms with Crippen LogP contribution in [0.4, 0.5) is 0 Å². The van der Waals surface area contributed by atoms with Crippen molar-refractivity contribution in [2.45, 2.75) is 64.6 Å². The lowest BCUT2D eigenvalue weighted by Crippen LogP contribution is -2.56. The number of hydrogen-bond donors (Lipinski definition) is 5. The number of carboxylic acid groups (broad SMARTS) is 1. The van der Waals surface area contributed by atoms with E-state index in [0.29, 0.717) is 31.6 Å². The monoisotopic (exact) mass is 508 g/mol. The Morgan fingerprint density at radius 3 is 2.20 bits per heavy atom. The topological polar surface area (TPSA) is 137 Å². The minimum absolute atomic E-state index is 0.0153. The zero-order valence-electron chi connectivity index (χ0n) is 21.1. The summed E-state index contributed by atoms with van der Waals surface area (Å²) in [6.45, 7) is 5.99. The molecule has 1 aromatic rings. The first kappa shape index (κ1) is 30.4. The van der Waals surface area contributed by atoms with Crippen LogP contribution in [0.2, 0.25) is 0 Å². The van der Waals surface area contributed by atoms with Crippen molar-refractivity contribution in [2.75, 3.05) is 25.1 Å². The van der Waals surface area contributed by atoms with Crippen molar-refractivity contribution >= 4 is 35.5 Å². The molecule has 3 atom stereocenters. The summed E-state index contributed by atoms with van der Waals surface area (Å²) in [5.74, 6) is -1.03. The highest BCUT2D eigenvalue weighted by atomic mass is 32.2. The molecule has 0 saturated heterocycles. The van der Waals surface area contributed by atoms with Gasteiger partial charge in [-0.05, 0) is 42.8 Å². The molecule has 1 aromatic carbocycles. The van der Waals surface area contributed by atoms with Crippen LogP contribution < -0.4 is 21.3 Å². The van der Waals surface area contributed by atoms with E-state index in [1.165, 1.54) is 6.92 Å². The van der Waals surface area contributed by atoms with Gasteiger partial charge in [-0.3, -0.25) is 19.2 Å². The van der Waals surface area contributed by atoms with Crippen LogP contribution in [0.5, 0.6) is 0 Å². The van der Waals surface area contributed by atoms with Crippen molar-refractivity contribution in [1.82, 2.24) is 21.3 Å². The molecule has 9 nitrogen and oxygen atoms in total. The fourth-order valence-electron chi connectivity index (χ4n) is 3.57. The minimum Gasteiger partial charge on any atom is -0.481 e. The molecule has 0 aliphatic heterocycles. The van der Waals surface area contributed by atoms with Gasteiger partial charge in [0.25, 0.3) is 0 Å². The van der Waals surface area contributed by atoms with E-state index in [4.69, 9.17) is 5.11 Å². The third-order valence-electron chi connectivity index (χ3n) is 5.22. The van der Waals surface area contributed by atoms with Crippen molar-refractivity contribution in [3.63, 3.8) is 0 Å². The van der Waals surface area contributed by atoms with E-state index >= 15 is 0 Å². The van der Waals surface area contributed by atoms with Crippen LogP contribution in [0, 0.1) is 5.92 Å². The molecule has 0 saturated carbocycles. The molecule has 3 amide bonds. The van der Waals surface area contributed by atoms with Gasteiger partial charge in [0.1, 0.15) is 12.1 Å². The summed E-state index contributed by atoms with van der Waals surface area (Å²) < 4.78 is 0. The molecular formula is C25H40N4O5S. The molecule has 5 N–H and O–H groups in total. The quantitative estimate of drug-likeness (QED) is 0.202. The largest absolute Gasteiger partial charge is 0.481 e. The number of amides is 3. The second-order valence-electron chi connectivity index (χ2n) is 8.97. The predicted octanol–water partition coefficient (Wildman–Crippen LogP) is 1.57. The van der Waals surface area contributed by atoms with Crippen LogP contribution in [0.1, 0.15) is 45.6 Å². The van der Waals surface area contributed by atoms with Crippen molar-refractivity contribution < 1.29 is 24.3 Å². The molecule has 3 unspecified atom stereocenters. The Labute approximate surface area is 212 Å². The molecule has 0 aromatic heterocycles. The van der Waals surface area contributed by atoms with Gasteiger partial charge in [-0.25, -0.2) is 0 Å². The third kappa shape index (κ3) is 13.8. The molecule has 0 aliphatic carbocycles. The van der Waals surface area contributed by atoms with Crippen LogP contribution in [-0.4, -0.2) is 72.0 Å². The van der Waals surface area contributed by atoms with Gasteiger partial charge in [-0.1, -0.05) is 44.2 Å². The highest BCUT2D eigenvalue weighted by Crippen LogP contribution is 2.09. The maximum atomic E-state index is 13.3. The minimum atomic E-state index is -0.893. The number of carbonyl (C=O) groups is 4. The first-order chi connectivity index (χ1) is 16.6. The Morgan fingerprint density at radius 1 is 0.971 bits per heavy atom. The maximum absolute atomic E-state index is 13.3. The van der Waals surface area contributed by atoms with Crippen LogP contribution in [0.3, 0.4) is 0 Å². The predicted molar refractivity (Wildman–Crippen MR) is 139 cm³/mol. The number of hydrogen-bond acceptors (Lipinski definition) is 6. The van der Waals surface area contributed by atoms with Gasteiger partial charge in [-0.15, -0.1) is 0 Å². The number of benzene rings is 1. The molecular weight excluding hydrogens is 468 g/mol. The number of rotatable bonds is 17. The number of carbonyl (C=O) groups excluding carboxylic acids is 3. The van der Waals surface area contributed by atoms with Crippen molar-refractivity contribution in [1.29, 1.82) is 0 Å². The summed E-state index contributed by atoms with van der Waals surface area (Å²) in [5.41, 5.74) is 1.03. The highest BCUT2D eigenvalue weighted by Gasteiger charge is 2.28. The number of aliphatic carboxylic acids is 1. The van der Waals surface area contributed by atoms with Crippen molar-refractivity contribution in [2.24, 2.45) is 5.92 Å². The van der Waals surface area contributed by atoms with E-state index in [9.17, 15) is 19.2 Å². The van der Waals surface area contributed by atoms with Gasteiger partial charge >= 0.3 is 5.97 Å². The van der Waals surface area contributed by atoms with Crippen LogP contribution in [-0.2, 0) is 25.6 Å². The number of nitrogens with one attached hydrogen (secondary N) is 4. The Bertz CT molecular complexity index is 806. The van der Waals surface area contributed by atoms with Gasteiger partial charge in [0.2, 0.25) is 17.7 Å². The van der Waals surface area contributed by atoms with Gasteiger partial charge in [0.05, 0.1) is 6.42 Å². The smallest absolute Gasteiger partial charge is 0.304 e. The molecule has 10 heteroatoms. The Balaban J connectivity index is 2.93. The van der Waals surface area contributed by atoms with E-state index in [1.54, 1.807) is 11.8 Å². The van der Waals surface area contributed by atoms with E-state index in [0.717, 1.165) is 5.56 Å². The van der Waals surface area contributed by atoms with Gasteiger partial charge in [0.15, 0.2) is 0 Å². The maximum Gasteiger partial charge on any atom is 0.304 e. The third-order valence-corrected chi connectivity index (χ3v) is 5.87. The van der Waals surface area contributed by atoms with Crippen molar-refractivity contribution in [3.8, 4) is 0 Å². The molecule has 196 valence electrons. The first-order valence-corrected chi connectivity index (χ1v) is 13.3. The fraction of sp³-hybridized carbons (Fsp3) is 0.600. The number of thioether (sulfide) groups is 1. The summed E-state index contributed by atoms with van der Waals surface area (Å²) in [5, 5.41) is 20.5. The molecule has 0 bridgehead atoms. The average Bonchev–Trinajstić information content (AvgIpc) is 2.78. The molecule has 0 fully saturated rings. The van der Waals surface area contributed by atoms with E-state index < -0.39 is 18.1 Å². The van der Waals surface area contributed by atoms with E-state index in [-0.39, 0.29) is 42.6 Å². The van der Waals surface area contributed by atoms with Crippen LogP contribution >= 0.6 is 11.8 Å². The Kier molecular flexibility index (Phi) is 14.7. The summed E-state index contributed by atoms with van der Waals surface area (Å²) in [7, 11) is 0. The molecule has 1 rings (SSSR count). The summed E-state index contributed by atoms with van der Waals surface area (Å²) in [4.78, 5) is 48.6. The van der Waals surface area contributed by atoms with Crippen LogP contribution in [0.15, 0.2) is 30.3 Å². The average molecular weight is 509 g/mol. The number of carboxylic acids is 1. The normalized spacial score (nSPS) is 13.5. The standard InChI is InChI=1S/C25H40N4O5S/c1-17(2)14-22(29-24(33)21(11-13-35-4)27-18(3)30)25(34)28-20(16-26-12-10-23(31)32)15-19-8-6-5-7-9-19/h5-9,17,20-22,26H,10-16H2,1-4H3,(H,27,30)(H,28,34)(H,29,33)(H,31,32). The molecule has 0 heterocycles. The Morgan fingerprint density at radius 2 is 1.63 bits per heavy atom. The van der Waals surface area contributed by atoms with Gasteiger partial charge in [-0.2, -0.15) is 11.8 Å². The summed E-state index contributed by atoms with van der Waals surface area (Å²) in [6.07, 6.45) is 3.37. The lowest BCUT2D eigenvalue weighted by atomic mass is 10.0. The molecule has 35 heavy (non-hydrogen) atoms. The Hall–Kier alpha value is -2.59. The van der Waals surface area contributed by atoms with Crippen molar-refractivity contribution in [3.05, 3.63) is 35.9 Å². The van der Waals surface area contributed by atoms with E-state index in [2.05, 4.69) is 21.3 Å². The zero-order chi connectivity index (χ0) is 26.2. The molecule has 0 radical (unpaired) electrons. The second kappa shape index (κ2) is 16.9. The van der Waals surface area contributed by atoms with E-state index in [1.807, 2.05) is 50.4 Å². The van der Waals surface area contributed by atoms with Crippen LogP contribution in [0.25, 0.3) is 0 Å². The zero-order valence-corrected chi connectivity index (χ0v) is 22.0. The summed E-state index contributed by atoms with van der Waals surface area (Å²) in [6, 6.07) is 7.92. The lowest BCUT2D eigenvalue weighted by Gasteiger charge is -2.26. The van der Waals surface area contributed by atoms with Gasteiger partial charge < -0.3 is 26.4 Å². The highest BCUT2D eigenvalue weighted by molar-refractivity contribution is 7.98. The SMILES string of the molecule is CSCCC(NC(C)=O)C(=O)NC(CC(C)C)C(=O)NC(CNCCC(=O)O)Cc1ccccc1. The lowest BCUT2D eigenvalue weighted by molar-refractivity contribution is -0.137. The van der Waals surface area contributed by atoms with Gasteiger partial charge in [0, 0.05) is 26.1 Å². The molecule has 0 spiro atoms.